The average molecular weight is 324 g/mol. The van der Waals surface area contributed by atoms with Crippen LogP contribution in [0.3, 0.4) is 0 Å². The van der Waals surface area contributed by atoms with Crippen LogP contribution >= 0.6 is 0 Å². The molecule has 4 atom stereocenters. The van der Waals surface area contributed by atoms with Gasteiger partial charge in [0.1, 0.15) is 11.8 Å². The largest absolute Gasteiger partial charge is 0.392 e. The van der Waals surface area contributed by atoms with Crippen molar-refractivity contribution in [2.45, 2.75) is 23.7 Å². The third-order valence-electron chi connectivity index (χ3n) is 3.72. The van der Waals surface area contributed by atoms with E-state index in [0.717, 1.165) is 10.7 Å². The Morgan fingerprint density at radius 3 is 2.78 bits per heavy atom. The lowest BCUT2D eigenvalue weighted by Gasteiger charge is -2.26. The molecule has 1 aliphatic heterocycles. The van der Waals surface area contributed by atoms with E-state index in [0.29, 0.717) is 0 Å². The predicted molar refractivity (Wildman–Crippen MR) is 74.1 cm³/mol. The summed E-state index contributed by atoms with van der Waals surface area (Å²) in [5, 5.41) is 33.7. The van der Waals surface area contributed by atoms with E-state index in [1.165, 1.54) is 0 Å². The van der Waals surface area contributed by atoms with Crippen molar-refractivity contribution in [1.82, 2.24) is 19.6 Å². The van der Waals surface area contributed by atoms with Crippen molar-refractivity contribution >= 4 is 17.4 Å². The van der Waals surface area contributed by atoms with Crippen LogP contribution in [0, 0.1) is 12.3 Å². The fraction of sp³-hybridized carbons (Fsp3) is 0.417. The summed E-state index contributed by atoms with van der Waals surface area (Å²) in [6.07, 6.45) is 1.87. The molecule has 1 aliphatic rings. The molecule has 2 aromatic rings. The van der Waals surface area contributed by atoms with Crippen LogP contribution in [0.1, 0.15) is 5.69 Å². The number of nitrogens with zero attached hydrogens (tertiary/aromatic N) is 4. The van der Waals surface area contributed by atoms with Crippen molar-refractivity contribution in [3.05, 3.63) is 11.9 Å². The number of alkyl halides is 1. The van der Waals surface area contributed by atoms with Crippen LogP contribution in [0.5, 0.6) is 0 Å². The number of aliphatic hydroxyl groups is 3. The topological polar surface area (TPSA) is 165 Å². The second-order valence-corrected chi connectivity index (χ2v) is 5.07. The molecule has 3 heterocycles. The number of terminal acetylenes is 1. The van der Waals surface area contributed by atoms with Gasteiger partial charge in [0.15, 0.2) is 23.2 Å². The molecular formula is C12H13FN6O4. The first-order valence-corrected chi connectivity index (χ1v) is 6.39. The third-order valence-corrected chi connectivity index (χ3v) is 3.72. The number of aliphatic hydroxyl groups excluding tert-OH is 2. The molecule has 2 aromatic heterocycles. The molecule has 10 nitrogen and oxygen atoms in total. The lowest BCUT2D eigenvalue weighted by Crippen LogP contribution is -2.44. The van der Waals surface area contributed by atoms with Crippen LogP contribution < -0.4 is 11.5 Å². The SMILES string of the molecule is C#C[C@]1(CO)O[C@@](O)(c2cnc3c(N)nc(N)nn23)[C@H](F)[C@@H]1O. The van der Waals surface area contributed by atoms with Crippen molar-refractivity contribution in [2.24, 2.45) is 0 Å². The summed E-state index contributed by atoms with van der Waals surface area (Å²) >= 11 is 0. The predicted octanol–water partition coefficient (Wildman–Crippen LogP) is -2.47. The van der Waals surface area contributed by atoms with E-state index < -0.39 is 30.3 Å². The molecule has 11 heteroatoms. The normalized spacial score (nSPS) is 33.9. The van der Waals surface area contributed by atoms with E-state index in [2.05, 4.69) is 15.1 Å². The van der Waals surface area contributed by atoms with E-state index in [9.17, 15) is 19.7 Å². The number of hydrogen-bond donors (Lipinski definition) is 5. The standard InChI is InChI=1S/C12H13FN6O4/c1-2-11(4-20)7(21)6(13)12(22,23-11)5-3-16-9-8(14)17-10(15)18-19(5)9/h1,3,6-7,20-22H,4H2,(H4,14,15,17,18)/t6-,7+,11-,12+/m1/s1. The Bertz CT molecular complexity index is 822. The Hall–Kier alpha value is -2.52. The Kier molecular flexibility index (Phi) is 3.17. The number of nitrogen functional groups attached to an aromatic ring is 2. The van der Waals surface area contributed by atoms with Crippen LogP contribution in [0.15, 0.2) is 6.20 Å². The minimum absolute atomic E-state index is 0.00452. The van der Waals surface area contributed by atoms with E-state index in [4.69, 9.17) is 22.6 Å². The van der Waals surface area contributed by atoms with Gasteiger partial charge in [-0.25, -0.2) is 13.9 Å². The van der Waals surface area contributed by atoms with Crippen LogP contribution in [-0.4, -0.2) is 59.4 Å². The van der Waals surface area contributed by atoms with Gasteiger partial charge in [0.25, 0.3) is 0 Å². The number of anilines is 2. The Morgan fingerprint density at radius 2 is 2.22 bits per heavy atom. The van der Waals surface area contributed by atoms with Gasteiger partial charge in [0.05, 0.1) is 12.8 Å². The number of halogens is 1. The molecule has 0 aliphatic carbocycles. The van der Waals surface area contributed by atoms with Gasteiger partial charge in [-0.15, -0.1) is 11.5 Å². The molecular weight excluding hydrogens is 311 g/mol. The van der Waals surface area contributed by atoms with Gasteiger partial charge in [0.2, 0.25) is 11.7 Å². The Balaban J connectivity index is 2.21. The maximum absolute atomic E-state index is 14.5. The number of fused-ring (bicyclic) bond motifs is 1. The molecule has 0 aromatic carbocycles. The highest BCUT2D eigenvalue weighted by Crippen LogP contribution is 2.44. The van der Waals surface area contributed by atoms with Crippen molar-refractivity contribution < 1.29 is 24.4 Å². The van der Waals surface area contributed by atoms with E-state index in [1.54, 1.807) is 0 Å². The van der Waals surface area contributed by atoms with Gasteiger partial charge in [0, 0.05) is 0 Å². The molecule has 23 heavy (non-hydrogen) atoms. The summed E-state index contributed by atoms with van der Waals surface area (Å²) in [5.74, 6) is -1.12. The van der Waals surface area contributed by atoms with Gasteiger partial charge in [-0.2, -0.15) is 4.98 Å². The first-order valence-electron chi connectivity index (χ1n) is 6.39. The maximum Gasteiger partial charge on any atom is 0.248 e. The lowest BCUT2D eigenvalue weighted by atomic mass is 9.95. The van der Waals surface area contributed by atoms with E-state index in [-0.39, 0.29) is 23.1 Å². The highest BCUT2D eigenvalue weighted by Gasteiger charge is 2.64. The Morgan fingerprint density at radius 1 is 1.52 bits per heavy atom. The van der Waals surface area contributed by atoms with Gasteiger partial charge >= 0.3 is 0 Å². The van der Waals surface area contributed by atoms with Crippen LogP contribution in [0.2, 0.25) is 0 Å². The second-order valence-electron chi connectivity index (χ2n) is 5.07. The molecule has 0 radical (unpaired) electrons. The van der Waals surface area contributed by atoms with Crippen molar-refractivity contribution in [3.8, 4) is 12.3 Å². The summed E-state index contributed by atoms with van der Waals surface area (Å²) in [6.45, 7) is -0.913. The molecule has 7 N–H and O–H groups in total. The zero-order valence-corrected chi connectivity index (χ0v) is 11.6. The molecule has 0 spiro atoms. The van der Waals surface area contributed by atoms with Crippen LogP contribution in [-0.2, 0) is 10.5 Å². The first kappa shape index (κ1) is 15.4. The number of rotatable bonds is 2. The molecule has 1 fully saturated rings. The van der Waals surface area contributed by atoms with Crippen molar-refractivity contribution in [3.63, 3.8) is 0 Å². The summed E-state index contributed by atoms with van der Waals surface area (Å²) in [7, 11) is 0. The number of nitrogens with two attached hydrogens (primary N) is 2. The Labute approximate surface area is 128 Å². The first-order chi connectivity index (χ1) is 10.8. The second kappa shape index (κ2) is 4.74. The number of hydrogen-bond acceptors (Lipinski definition) is 9. The molecule has 0 saturated carbocycles. The zero-order chi connectivity index (χ0) is 17.0. The minimum atomic E-state index is -2.72. The van der Waals surface area contributed by atoms with Gasteiger partial charge in [-0.05, 0) is 0 Å². The van der Waals surface area contributed by atoms with Gasteiger partial charge in [-0.1, -0.05) is 5.92 Å². The molecule has 0 bridgehead atoms. The lowest BCUT2D eigenvalue weighted by molar-refractivity contribution is -0.245. The molecule has 0 amide bonds. The molecule has 0 unspecified atom stereocenters. The molecule has 122 valence electrons. The average Bonchev–Trinajstić information content (AvgIpc) is 3.02. The van der Waals surface area contributed by atoms with E-state index in [1.807, 2.05) is 5.92 Å². The smallest absolute Gasteiger partial charge is 0.248 e. The zero-order valence-electron chi connectivity index (χ0n) is 11.6. The monoisotopic (exact) mass is 324 g/mol. The highest BCUT2D eigenvalue weighted by molar-refractivity contribution is 5.61. The third kappa shape index (κ3) is 1.87. The van der Waals surface area contributed by atoms with E-state index >= 15 is 0 Å². The van der Waals surface area contributed by atoms with Gasteiger partial charge in [-0.3, -0.25) is 0 Å². The summed E-state index contributed by atoms with van der Waals surface area (Å²) < 4.78 is 20.6. The maximum atomic E-state index is 14.5. The number of aromatic nitrogens is 4. The summed E-state index contributed by atoms with van der Waals surface area (Å²) in [5.41, 5.74) is 8.66. The fourth-order valence-electron chi connectivity index (χ4n) is 2.49. The highest BCUT2D eigenvalue weighted by atomic mass is 19.1. The van der Waals surface area contributed by atoms with Crippen LogP contribution in [0.4, 0.5) is 16.2 Å². The van der Waals surface area contributed by atoms with Crippen molar-refractivity contribution in [2.75, 3.05) is 18.1 Å². The summed E-state index contributed by atoms with van der Waals surface area (Å²) in [6, 6.07) is 0. The summed E-state index contributed by atoms with van der Waals surface area (Å²) in [4.78, 5) is 7.55. The van der Waals surface area contributed by atoms with Crippen LogP contribution in [0.25, 0.3) is 5.65 Å². The van der Waals surface area contributed by atoms with Gasteiger partial charge < -0.3 is 31.5 Å². The quantitative estimate of drug-likeness (QED) is 0.376. The molecule has 3 rings (SSSR count). The fourth-order valence-corrected chi connectivity index (χ4v) is 2.49. The van der Waals surface area contributed by atoms with Crippen molar-refractivity contribution in [1.29, 1.82) is 0 Å². The number of ether oxygens (including phenoxy) is 1. The minimum Gasteiger partial charge on any atom is -0.392 e. The molecule has 1 saturated heterocycles. The number of imidazole rings is 1.